The molecule has 0 amide bonds. The molecule has 0 aliphatic carbocycles. The van der Waals surface area contributed by atoms with E-state index in [0.29, 0.717) is 11.5 Å². The van der Waals surface area contributed by atoms with Crippen LogP contribution in [0.5, 0.6) is 11.5 Å². The second-order valence-electron chi connectivity index (χ2n) is 16.7. The summed E-state index contributed by atoms with van der Waals surface area (Å²) in [5.74, 6) is 0.644. The molecule has 1 heterocycles. The van der Waals surface area contributed by atoms with E-state index in [-0.39, 0.29) is 16.5 Å². The summed E-state index contributed by atoms with van der Waals surface area (Å²) in [7, 11) is 0. The summed E-state index contributed by atoms with van der Waals surface area (Å²) in [6, 6.07) is 32.0. The summed E-state index contributed by atoms with van der Waals surface area (Å²) in [5.41, 5.74) is 25.5. The van der Waals surface area contributed by atoms with Gasteiger partial charge >= 0.3 is 0 Å². The van der Waals surface area contributed by atoms with Crippen molar-refractivity contribution in [2.75, 3.05) is 0 Å². The number of aromatic hydroxyl groups is 2. The Labute approximate surface area is 382 Å². The van der Waals surface area contributed by atoms with E-state index in [9.17, 15) is 5.53 Å². The molecule has 4 aromatic carbocycles. The minimum Gasteiger partial charge on any atom is -0.508 e. The topological polar surface area (TPSA) is 65.8 Å². The molecule has 0 bridgehead atoms. The number of nitrogens with zero attached hydrogens (tertiary/aromatic N) is 2. The van der Waals surface area contributed by atoms with Gasteiger partial charge in [0.25, 0.3) is 0 Å². The molecule has 0 saturated carbocycles. The molecule has 0 atom stereocenters. The molecular weight excluding hydrogens is 791 g/mol. The Morgan fingerprint density at radius 1 is 0.377 bits per heavy atom. The first kappa shape index (κ1) is 53.2. The maximum Gasteiger partial charge on any atom is 0.211 e. The van der Waals surface area contributed by atoms with E-state index in [1.807, 2.05) is 12.1 Å². The predicted octanol–water partition coefficient (Wildman–Crippen LogP) is 16.9. The van der Waals surface area contributed by atoms with Gasteiger partial charge in [-0.25, -0.2) is 4.70 Å². The Morgan fingerprint density at radius 3 is 0.951 bits per heavy atom. The smallest absolute Gasteiger partial charge is 0.211 e. The molecule has 0 radical (unpaired) electrons. The van der Waals surface area contributed by atoms with Gasteiger partial charge in [-0.1, -0.05) is 154 Å². The van der Waals surface area contributed by atoms with Gasteiger partial charge in [-0.3, -0.25) is 0 Å². The number of hydrogen-bond donors (Lipinski definition) is 2. The Kier molecular flexibility index (Phi) is 27.8. The fraction of sp³-hybridized carbons (Fsp3) is 0.500. The van der Waals surface area contributed by atoms with Crippen molar-refractivity contribution in [1.82, 2.24) is 0 Å². The molecule has 61 heavy (non-hydrogen) atoms. The van der Waals surface area contributed by atoms with Gasteiger partial charge in [0.05, 0.1) is 0 Å². The van der Waals surface area contributed by atoms with Gasteiger partial charge in [0, 0.05) is 38.8 Å². The van der Waals surface area contributed by atoms with Crippen LogP contribution in [-0.4, -0.2) is 14.9 Å². The maximum absolute atomic E-state index is 12.4. The van der Waals surface area contributed by atoms with Crippen molar-refractivity contribution in [3.63, 3.8) is 0 Å². The van der Waals surface area contributed by atoms with E-state index in [2.05, 4.69) is 77.9 Å². The van der Waals surface area contributed by atoms with E-state index in [1.165, 1.54) is 122 Å². The van der Waals surface area contributed by atoms with Crippen LogP contribution in [0, 0.1) is 0 Å². The first-order valence-electron chi connectivity index (χ1n) is 24.0. The average Bonchev–Trinajstić information content (AvgIpc) is 3.54. The number of aryl methyl sites for hydroxylation is 4. The number of phenolic OH excluding ortho intramolecular Hbond substituents is 2. The molecule has 0 saturated heterocycles. The van der Waals surface area contributed by atoms with Crippen molar-refractivity contribution < 1.29 is 31.4 Å². The number of benzene rings is 4. The van der Waals surface area contributed by atoms with Crippen LogP contribution in [0.3, 0.4) is 0 Å². The van der Waals surface area contributed by atoms with Gasteiger partial charge in [0.2, 0.25) is 11.4 Å². The van der Waals surface area contributed by atoms with Gasteiger partial charge in [-0.15, -0.1) is 0 Å². The zero-order chi connectivity index (χ0) is 43.4. The van der Waals surface area contributed by atoms with Crippen molar-refractivity contribution in [2.45, 2.75) is 183 Å². The summed E-state index contributed by atoms with van der Waals surface area (Å²) < 4.78 is 1.65. The molecule has 5 rings (SSSR count). The molecule has 336 valence electrons. The van der Waals surface area contributed by atoms with Gasteiger partial charge in [0.15, 0.2) is 0 Å². The molecule has 0 aromatic heterocycles. The third kappa shape index (κ3) is 19.3. The maximum atomic E-state index is 12.4. The average molecular weight is 872 g/mol. The van der Waals surface area contributed by atoms with Crippen molar-refractivity contribution in [1.29, 1.82) is 0 Å². The number of unbranched alkanes of at least 4 members (excludes halogenated alkanes) is 10. The molecule has 2 N–H and O–H groups in total. The van der Waals surface area contributed by atoms with Crippen LogP contribution >= 0.6 is 0 Å². The largest absolute Gasteiger partial charge is 0.508 e. The third-order valence-electron chi connectivity index (χ3n) is 11.4. The van der Waals surface area contributed by atoms with Crippen LogP contribution in [0.15, 0.2) is 108 Å². The number of hydrogen-bond acceptors (Lipinski definition) is 2. The first-order valence-corrected chi connectivity index (χ1v) is 24.0. The molecule has 4 aromatic rings. The van der Waals surface area contributed by atoms with Gasteiger partial charge in [-0.05, 0) is 148 Å². The number of para-hydroxylation sites is 2. The van der Waals surface area contributed by atoms with Gasteiger partial charge in [0.1, 0.15) is 11.5 Å². The molecule has 0 fully saturated rings. The predicted molar refractivity (Wildman–Crippen MR) is 259 cm³/mol. The monoisotopic (exact) mass is 871 g/mol. The summed E-state index contributed by atoms with van der Waals surface area (Å²) in [5, 5.41) is 17.3. The van der Waals surface area contributed by atoms with Crippen molar-refractivity contribution in [3.8, 4) is 11.5 Å². The van der Waals surface area contributed by atoms with Crippen LogP contribution < -0.4 is 0 Å². The van der Waals surface area contributed by atoms with E-state index in [4.69, 9.17) is 10.2 Å². The minimum atomic E-state index is 0. The fourth-order valence-electron chi connectivity index (χ4n) is 8.00. The first-order chi connectivity index (χ1) is 29.3. The van der Waals surface area contributed by atoms with Crippen LogP contribution in [0.2, 0.25) is 0 Å². The summed E-state index contributed by atoms with van der Waals surface area (Å²) >= 11 is 0. The summed E-state index contributed by atoms with van der Waals surface area (Å²) in [6.45, 7) is 13.7. The molecule has 1 aliphatic rings. The van der Waals surface area contributed by atoms with E-state index >= 15 is 0 Å². The molecule has 4 nitrogen and oxygen atoms in total. The van der Waals surface area contributed by atoms with Crippen LogP contribution in [0.25, 0.3) is 16.9 Å². The summed E-state index contributed by atoms with van der Waals surface area (Å²) in [4.78, 5) is 0. The number of rotatable bonds is 24. The van der Waals surface area contributed by atoms with E-state index in [0.717, 1.165) is 75.6 Å². The molecule has 5 heteroatoms. The Hall–Kier alpha value is -3.95. The second-order valence-corrected chi connectivity index (χ2v) is 16.7. The Morgan fingerprint density at radius 2 is 0.672 bits per heavy atom. The SMILES string of the molecule is CCCCCCc1cc(CCCCCC)cc(C2=C(CCCC)C(CCCC)=C(c3cc(CCCC)cc(CCCC)c3)[N+]2=[N-])c1.Oc1ccccc1.Oc1ccccc1.[Ni]. The van der Waals surface area contributed by atoms with Crippen molar-refractivity contribution >= 4 is 11.4 Å². The quantitative estimate of drug-likeness (QED) is 0.0418. The molecular formula is C56H80N2NiO2. The van der Waals surface area contributed by atoms with Gasteiger partial charge < -0.3 is 15.7 Å². The van der Waals surface area contributed by atoms with Crippen LogP contribution in [-0.2, 0) is 42.2 Å². The third-order valence-corrected chi connectivity index (χ3v) is 11.4. The second kappa shape index (κ2) is 31.8. The van der Waals surface area contributed by atoms with E-state index in [1.54, 1.807) is 53.2 Å². The Bertz CT molecular complexity index is 1770. The molecule has 1 aliphatic heterocycles. The number of allylic oxidation sites excluding steroid dienone is 2. The van der Waals surface area contributed by atoms with Crippen molar-refractivity contribution in [2.24, 2.45) is 0 Å². The zero-order valence-corrected chi connectivity index (χ0v) is 39.9. The van der Waals surface area contributed by atoms with Gasteiger partial charge in [-0.2, -0.15) is 0 Å². The number of phenols is 2. The van der Waals surface area contributed by atoms with Crippen molar-refractivity contribution in [3.05, 3.63) is 147 Å². The summed E-state index contributed by atoms with van der Waals surface area (Å²) in [6.07, 6.45) is 26.2. The normalized spacial score (nSPS) is 12.1. The minimum absolute atomic E-state index is 0. The fourth-order valence-corrected chi connectivity index (χ4v) is 8.00. The van der Waals surface area contributed by atoms with E-state index < -0.39 is 0 Å². The zero-order valence-electron chi connectivity index (χ0n) is 38.9. The van der Waals surface area contributed by atoms with Crippen LogP contribution in [0.4, 0.5) is 0 Å². The molecule has 0 unspecified atom stereocenters. The standard InChI is InChI=1S/C44H68N2.2C6H6O.Ni/c1-7-13-19-21-25-37-30-38(26-22-20-14-8-2)34-40(33-37)44-42(28-18-12-6)41(27-17-11-5)43(46(44)45)39-31-35(23-15-9-3)29-36(32-39)24-16-10-4;2*7-6-4-2-1-3-5-6;/h29-34H,7-28H2,1-6H3;2*1-5,7H;. The van der Waals surface area contributed by atoms with Crippen LogP contribution in [0.1, 0.15) is 190 Å². The molecule has 0 spiro atoms. The Balaban J connectivity index is 0.000000715.